The molecule has 126 valence electrons. The van der Waals surface area contributed by atoms with Crippen LogP contribution >= 0.6 is 0 Å². The van der Waals surface area contributed by atoms with E-state index in [0.29, 0.717) is 12.6 Å². The van der Waals surface area contributed by atoms with Crippen molar-refractivity contribution in [2.45, 2.75) is 67.0 Å². The molecule has 0 aliphatic heterocycles. The molecule has 0 amide bonds. The summed E-state index contributed by atoms with van der Waals surface area (Å²) in [5.41, 5.74) is 3.46. The van der Waals surface area contributed by atoms with Crippen LogP contribution in [0.25, 0.3) is 0 Å². The van der Waals surface area contributed by atoms with Crippen molar-refractivity contribution in [2.75, 3.05) is 6.54 Å². The first-order chi connectivity index (χ1) is 10.3. The van der Waals surface area contributed by atoms with Crippen LogP contribution in [0.15, 0.2) is 4.99 Å². The predicted molar refractivity (Wildman–Crippen MR) is 94.2 cm³/mol. The monoisotopic (exact) mass is 307 g/mol. The molecule has 1 atom stereocenters. The summed E-state index contributed by atoms with van der Waals surface area (Å²) in [4.78, 5) is 4.73. The Morgan fingerprint density at radius 3 is 2.41 bits per heavy atom. The minimum Gasteiger partial charge on any atom is -0.357 e. The number of aliphatic imine (C=N–C) groups is 1. The van der Waals surface area contributed by atoms with Gasteiger partial charge in [-0.25, -0.2) is 4.99 Å². The van der Waals surface area contributed by atoms with E-state index in [1.165, 1.54) is 17.7 Å². The van der Waals surface area contributed by atoms with Crippen LogP contribution in [0.3, 0.4) is 0 Å². The fraction of sp³-hybridized carbons (Fsp3) is 0.765. The first kappa shape index (κ1) is 18.5. The zero-order valence-electron chi connectivity index (χ0n) is 15.3. The number of aromatic nitrogens is 2. The summed E-state index contributed by atoms with van der Waals surface area (Å²) in [6, 6.07) is 0.427. The largest absolute Gasteiger partial charge is 0.357 e. The SMILES string of the molecule is CCNC(=NCc1c(C)nn(C)c1C)NC(C)CCC(C)C. The molecule has 0 spiro atoms. The predicted octanol–water partition coefficient (Wildman–Crippen LogP) is 2.92. The molecule has 0 radical (unpaired) electrons. The van der Waals surface area contributed by atoms with Gasteiger partial charge in [0.1, 0.15) is 0 Å². The third-order valence-corrected chi connectivity index (χ3v) is 3.96. The summed E-state index contributed by atoms with van der Waals surface area (Å²) < 4.78 is 1.92. The maximum Gasteiger partial charge on any atom is 0.191 e. The first-order valence-corrected chi connectivity index (χ1v) is 8.39. The van der Waals surface area contributed by atoms with Gasteiger partial charge in [-0.15, -0.1) is 0 Å². The van der Waals surface area contributed by atoms with Gasteiger partial charge in [0.2, 0.25) is 0 Å². The van der Waals surface area contributed by atoms with Crippen LogP contribution in [0.4, 0.5) is 0 Å². The highest BCUT2D eigenvalue weighted by atomic mass is 15.3. The molecular weight excluding hydrogens is 274 g/mol. The smallest absolute Gasteiger partial charge is 0.191 e. The average molecular weight is 307 g/mol. The van der Waals surface area contributed by atoms with Gasteiger partial charge < -0.3 is 10.6 Å². The Kier molecular flexibility index (Phi) is 7.42. The lowest BCUT2D eigenvalue weighted by Crippen LogP contribution is -2.42. The number of hydrogen-bond acceptors (Lipinski definition) is 2. The molecule has 0 aromatic carbocycles. The quantitative estimate of drug-likeness (QED) is 0.601. The van der Waals surface area contributed by atoms with E-state index in [2.05, 4.69) is 50.4 Å². The Labute approximate surface area is 135 Å². The van der Waals surface area contributed by atoms with Gasteiger partial charge in [-0.05, 0) is 46.5 Å². The van der Waals surface area contributed by atoms with Crippen LogP contribution in [-0.2, 0) is 13.6 Å². The Hall–Kier alpha value is -1.52. The summed E-state index contributed by atoms with van der Waals surface area (Å²) >= 11 is 0. The second kappa shape index (κ2) is 8.81. The molecule has 22 heavy (non-hydrogen) atoms. The lowest BCUT2D eigenvalue weighted by Gasteiger charge is -2.18. The van der Waals surface area contributed by atoms with Gasteiger partial charge in [0.25, 0.3) is 0 Å². The van der Waals surface area contributed by atoms with E-state index in [9.17, 15) is 0 Å². The number of aryl methyl sites for hydroxylation is 2. The number of guanidine groups is 1. The Balaban J connectivity index is 2.69. The Bertz CT molecular complexity index is 487. The van der Waals surface area contributed by atoms with Crippen LogP contribution in [0, 0.1) is 19.8 Å². The molecule has 1 aromatic rings. The minimum atomic E-state index is 0.427. The molecular formula is C17H33N5. The minimum absolute atomic E-state index is 0.427. The molecule has 0 aliphatic rings. The van der Waals surface area contributed by atoms with E-state index in [-0.39, 0.29) is 0 Å². The summed E-state index contributed by atoms with van der Waals surface area (Å²) in [5, 5.41) is 11.3. The van der Waals surface area contributed by atoms with Crippen molar-refractivity contribution in [1.82, 2.24) is 20.4 Å². The lowest BCUT2D eigenvalue weighted by atomic mass is 10.0. The van der Waals surface area contributed by atoms with Crippen LogP contribution in [0.5, 0.6) is 0 Å². The highest BCUT2D eigenvalue weighted by Gasteiger charge is 2.10. The van der Waals surface area contributed by atoms with Gasteiger partial charge in [-0.1, -0.05) is 13.8 Å². The summed E-state index contributed by atoms with van der Waals surface area (Å²) in [5.74, 6) is 1.63. The standard InChI is InChI=1S/C17H33N5/c1-8-18-17(20-13(4)10-9-12(2)3)19-11-16-14(5)21-22(7)15(16)6/h12-13H,8-11H2,1-7H3,(H2,18,19,20). The second-order valence-corrected chi connectivity index (χ2v) is 6.48. The highest BCUT2D eigenvalue weighted by molar-refractivity contribution is 5.80. The van der Waals surface area contributed by atoms with Crippen LogP contribution in [0.2, 0.25) is 0 Å². The zero-order chi connectivity index (χ0) is 16.7. The van der Waals surface area contributed by atoms with Crippen molar-refractivity contribution >= 4 is 5.96 Å². The van der Waals surface area contributed by atoms with Gasteiger partial charge in [-0.3, -0.25) is 4.68 Å². The van der Waals surface area contributed by atoms with Gasteiger partial charge >= 0.3 is 0 Å². The molecule has 5 nitrogen and oxygen atoms in total. The van der Waals surface area contributed by atoms with Crippen molar-refractivity contribution in [1.29, 1.82) is 0 Å². The summed E-state index contributed by atoms with van der Waals surface area (Å²) in [6.07, 6.45) is 2.39. The van der Waals surface area contributed by atoms with Crippen molar-refractivity contribution in [3.05, 3.63) is 17.0 Å². The average Bonchev–Trinajstić information content (AvgIpc) is 2.68. The van der Waals surface area contributed by atoms with Crippen molar-refractivity contribution < 1.29 is 0 Å². The van der Waals surface area contributed by atoms with E-state index in [0.717, 1.165) is 30.5 Å². The maximum absolute atomic E-state index is 4.73. The van der Waals surface area contributed by atoms with Gasteiger partial charge in [0, 0.05) is 30.9 Å². The number of hydrogen-bond donors (Lipinski definition) is 2. The molecule has 0 saturated carbocycles. The molecule has 1 unspecified atom stereocenters. The second-order valence-electron chi connectivity index (χ2n) is 6.48. The van der Waals surface area contributed by atoms with Gasteiger partial charge in [0.05, 0.1) is 12.2 Å². The molecule has 0 saturated heterocycles. The number of nitrogens with one attached hydrogen (secondary N) is 2. The fourth-order valence-electron chi connectivity index (χ4n) is 2.41. The van der Waals surface area contributed by atoms with E-state index >= 15 is 0 Å². The summed E-state index contributed by atoms with van der Waals surface area (Å²) in [6.45, 7) is 14.5. The molecule has 1 rings (SSSR count). The summed E-state index contributed by atoms with van der Waals surface area (Å²) in [7, 11) is 1.98. The van der Waals surface area contributed by atoms with E-state index in [4.69, 9.17) is 4.99 Å². The van der Waals surface area contributed by atoms with E-state index < -0.39 is 0 Å². The van der Waals surface area contributed by atoms with Crippen LogP contribution in [0.1, 0.15) is 57.5 Å². The topological polar surface area (TPSA) is 54.2 Å². The zero-order valence-corrected chi connectivity index (χ0v) is 15.3. The van der Waals surface area contributed by atoms with Crippen molar-refractivity contribution in [3.8, 4) is 0 Å². The first-order valence-electron chi connectivity index (χ1n) is 8.39. The molecule has 0 aliphatic carbocycles. The molecule has 1 heterocycles. The number of rotatable bonds is 7. The highest BCUT2D eigenvalue weighted by Crippen LogP contribution is 2.13. The lowest BCUT2D eigenvalue weighted by molar-refractivity contribution is 0.489. The van der Waals surface area contributed by atoms with Crippen molar-refractivity contribution in [2.24, 2.45) is 18.0 Å². The van der Waals surface area contributed by atoms with Gasteiger partial charge in [0.15, 0.2) is 5.96 Å². The number of nitrogens with zero attached hydrogens (tertiary/aromatic N) is 3. The molecule has 2 N–H and O–H groups in total. The van der Waals surface area contributed by atoms with Gasteiger partial charge in [-0.2, -0.15) is 5.10 Å². The Morgan fingerprint density at radius 2 is 1.91 bits per heavy atom. The third-order valence-electron chi connectivity index (χ3n) is 3.96. The van der Waals surface area contributed by atoms with Crippen LogP contribution < -0.4 is 10.6 Å². The van der Waals surface area contributed by atoms with Crippen LogP contribution in [-0.4, -0.2) is 28.3 Å². The van der Waals surface area contributed by atoms with E-state index in [1.807, 2.05) is 18.7 Å². The Morgan fingerprint density at radius 1 is 1.23 bits per heavy atom. The molecule has 0 fully saturated rings. The van der Waals surface area contributed by atoms with Crippen molar-refractivity contribution in [3.63, 3.8) is 0 Å². The normalized spacial score (nSPS) is 13.5. The fourth-order valence-corrected chi connectivity index (χ4v) is 2.41. The van der Waals surface area contributed by atoms with E-state index in [1.54, 1.807) is 0 Å². The molecule has 0 bridgehead atoms. The molecule has 1 aromatic heterocycles. The third kappa shape index (κ3) is 5.70. The maximum atomic E-state index is 4.73. The molecule has 5 heteroatoms.